The van der Waals surface area contributed by atoms with E-state index in [-0.39, 0.29) is 0 Å². The Morgan fingerprint density at radius 2 is 1.43 bits per heavy atom. The van der Waals surface area contributed by atoms with Crippen molar-refractivity contribution in [1.29, 1.82) is 0 Å². The van der Waals surface area contributed by atoms with Gasteiger partial charge in [0.1, 0.15) is 0 Å². The zero-order valence-corrected chi connectivity index (χ0v) is 10.7. The number of rotatable bonds is 1. The van der Waals surface area contributed by atoms with E-state index in [1.54, 1.807) is 5.43 Å². The van der Waals surface area contributed by atoms with Crippen LogP contribution in [0.1, 0.15) is 11.1 Å². The van der Waals surface area contributed by atoms with Crippen molar-refractivity contribution in [2.75, 3.05) is 5.43 Å². The van der Waals surface area contributed by atoms with Gasteiger partial charge in [-0.15, -0.1) is 0 Å². The average molecular weight is 342 g/mol. The van der Waals surface area contributed by atoms with Crippen LogP contribution in [0.4, 0.5) is 32.0 Å². The standard InChI is InChI=1S/C8H6F6N2.H3O4P/c9-7(10,11)4-1-2-5(8(12,13)14)6(3-4)16-15;1-5(2,3)4/h1-3,16H,15H2;(H3,1,2,3,4). The van der Waals surface area contributed by atoms with Crippen LogP contribution in [-0.4, -0.2) is 14.7 Å². The van der Waals surface area contributed by atoms with E-state index in [4.69, 9.17) is 25.1 Å². The minimum Gasteiger partial charge on any atom is -0.324 e. The quantitative estimate of drug-likeness (QED) is 0.231. The summed E-state index contributed by atoms with van der Waals surface area (Å²) in [6.45, 7) is 0. The predicted molar refractivity (Wildman–Crippen MR) is 58.5 cm³/mol. The monoisotopic (exact) mass is 342 g/mol. The molecule has 0 atom stereocenters. The number of anilines is 1. The highest BCUT2D eigenvalue weighted by Gasteiger charge is 2.36. The summed E-state index contributed by atoms with van der Waals surface area (Å²) in [5, 5.41) is 0. The van der Waals surface area contributed by atoms with Gasteiger partial charge in [0.25, 0.3) is 0 Å². The minimum atomic E-state index is -4.76. The predicted octanol–water partition coefficient (Wildman–Crippen LogP) is 2.08. The zero-order valence-electron chi connectivity index (χ0n) is 9.77. The molecule has 0 aromatic heterocycles. The van der Waals surface area contributed by atoms with Crippen LogP contribution in [0.3, 0.4) is 0 Å². The fourth-order valence-corrected chi connectivity index (χ4v) is 1.09. The molecule has 21 heavy (non-hydrogen) atoms. The summed E-state index contributed by atoms with van der Waals surface area (Å²) in [5.41, 5.74) is -1.67. The molecule has 0 fully saturated rings. The normalized spacial score (nSPS) is 12.5. The number of nitrogens with one attached hydrogen (secondary N) is 1. The van der Waals surface area contributed by atoms with Gasteiger partial charge >= 0.3 is 20.2 Å². The second-order valence-corrected chi connectivity index (χ2v) is 4.44. The van der Waals surface area contributed by atoms with E-state index in [2.05, 4.69) is 0 Å². The molecule has 0 saturated carbocycles. The van der Waals surface area contributed by atoms with E-state index >= 15 is 0 Å². The first kappa shape index (κ1) is 19.7. The lowest BCUT2D eigenvalue weighted by atomic mass is 10.1. The SMILES string of the molecule is NNc1cc(C(F)(F)F)ccc1C(F)(F)F.O=P(O)(O)O. The number of halogens is 6. The van der Waals surface area contributed by atoms with Crippen LogP contribution in [0.25, 0.3) is 0 Å². The number of nitrogen functional groups attached to an aromatic ring is 1. The number of alkyl halides is 6. The Morgan fingerprint density at radius 3 is 1.71 bits per heavy atom. The first-order valence-electron chi connectivity index (χ1n) is 4.69. The van der Waals surface area contributed by atoms with Crippen LogP contribution < -0.4 is 11.3 Å². The first-order chi connectivity index (χ1) is 9.16. The summed E-state index contributed by atoms with van der Waals surface area (Å²) in [5.74, 6) is 4.74. The molecular formula is C8H9F6N2O4P. The van der Waals surface area contributed by atoms with Gasteiger partial charge in [0.2, 0.25) is 0 Å². The number of hydrazine groups is 1. The molecule has 0 aliphatic heterocycles. The lowest BCUT2D eigenvalue weighted by Gasteiger charge is -2.14. The Morgan fingerprint density at radius 1 is 1.00 bits per heavy atom. The summed E-state index contributed by atoms with van der Waals surface area (Å²) in [6, 6.07) is 0.991. The average Bonchev–Trinajstić information content (AvgIpc) is 2.23. The topological polar surface area (TPSA) is 116 Å². The van der Waals surface area contributed by atoms with Crippen LogP contribution in [0, 0.1) is 0 Å². The summed E-state index contributed by atoms with van der Waals surface area (Å²) in [4.78, 5) is 21.6. The number of nitrogens with two attached hydrogens (primary N) is 1. The molecule has 1 aromatic rings. The van der Waals surface area contributed by atoms with Gasteiger partial charge in [0.05, 0.1) is 16.8 Å². The molecule has 0 unspecified atom stereocenters. The highest BCUT2D eigenvalue weighted by molar-refractivity contribution is 7.45. The molecule has 0 radical (unpaired) electrons. The maximum Gasteiger partial charge on any atom is 0.466 e. The number of hydrogen-bond acceptors (Lipinski definition) is 3. The second kappa shape index (κ2) is 6.62. The van der Waals surface area contributed by atoms with E-state index in [1.165, 1.54) is 0 Å². The molecule has 1 rings (SSSR count). The van der Waals surface area contributed by atoms with E-state index < -0.39 is 37.0 Å². The molecular weight excluding hydrogens is 333 g/mol. The van der Waals surface area contributed by atoms with E-state index in [1.807, 2.05) is 0 Å². The summed E-state index contributed by atoms with van der Waals surface area (Å²) in [7, 11) is -4.64. The molecule has 6 nitrogen and oxygen atoms in total. The molecule has 0 heterocycles. The molecule has 0 aliphatic rings. The van der Waals surface area contributed by atoms with Crippen LogP contribution in [-0.2, 0) is 16.9 Å². The number of phosphoric acid groups is 1. The van der Waals surface area contributed by atoms with Crippen molar-refractivity contribution >= 4 is 13.5 Å². The maximum absolute atomic E-state index is 12.3. The van der Waals surface area contributed by atoms with Gasteiger partial charge in [-0.05, 0) is 18.2 Å². The van der Waals surface area contributed by atoms with Gasteiger partial charge in [-0.1, -0.05) is 0 Å². The van der Waals surface area contributed by atoms with Crippen LogP contribution in [0.15, 0.2) is 18.2 Å². The number of hydrogen-bond donors (Lipinski definition) is 5. The fraction of sp³-hybridized carbons (Fsp3) is 0.250. The molecule has 0 bridgehead atoms. The van der Waals surface area contributed by atoms with Gasteiger partial charge < -0.3 is 20.1 Å². The molecule has 0 spiro atoms. The third-order valence-electron chi connectivity index (χ3n) is 1.81. The molecule has 6 N–H and O–H groups in total. The smallest absolute Gasteiger partial charge is 0.324 e. The van der Waals surface area contributed by atoms with Crippen molar-refractivity contribution in [1.82, 2.24) is 0 Å². The van der Waals surface area contributed by atoms with E-state index in [0.29, 0.717) is 18.2 Å². The second-order valence-electron chi connectivity index (χ2n) is 3.41. The molecule has 0 aliphatic carbocycles. The molecule has 122 valence electrons. The Hall–Kier alpha value is -1.33. The van der Waals surface area contributed by atoms with Crippen molar-refractivity contribution in [3.63, 3.8) is 0 Å². The van der Waals surface area contributed by atoms with Gasteiger partial charge in [-0.25, -0.2) is 4.57 Å². The lowest BCUT2D eigenvalue weighted by molar-refractivity contribution is -0.140. The highest BCUT2D eigenvalue weighted by atomic mass is 31.2. The molecule has 13 heteroatoms. The largest absolute Gasteiger partial charge is 0.466 e. The van der Waals surface area contributed by atoms with Crippen molar-refractivity contribution in [3.8, 4) is 0 Å². The maximum atomic E-state index is 12.3. The van der Waals surface area contributed by atoms with Gasteiger partial charge in [-0.3, -0.25) is 5.84 Å². The summed E-state index contributed by atoms with van der Waals surface area (Å²) >= 11 is 0. The lowest BCUT2D eigenvalue weighted by Crippen LogP contribution is -2.16. The third kappa shape index (κ3) is 7.87. The van der Waals surface area contributed by atoms with Gasteiger partial charge in [0, 0.05) is 0 Å². The Balaban J connectivity index is 0.000000690. The van der Waals surface area contributed by atoms with Crippen molar-refractivity contribution in [2.24, 2.45) is 5.84 Å². The number of benzene rings is 1. The minimum absolute atomic E-state index is 0.308. The fourth-order valence-electron chi connectivity index (χ4n) is 1.09. The first-order valence-corrected chi connectivity index (χ1v) is 6.26. The van der Waals surface area contributed by atoms with Crippen LogP contribution >= 0.6 is 7.82 Å². The summed E-state index contributed by atoms with van der Waals surface area (Å²) in [6.07, 6.45) is -9.47. The third-order valence-corrected chi connectivity index (χ3v) is 1.81. The van der Waals surface area contributed by atoms with Gasteiger partial charge in [-0.2, -0.15) is 26.3 Å². The summed E-state index contributed by atoms with van der Waals surface area (Å²) < 4.78 is 82.3. The van der Waals surface area contributed by atoms with Crippen molar-refractivity contribution < 1.29 is 45.6 Å². The van der Waals surface area contributed by atoms with Gasteiger partial charge in [0.15, 0.2) is 0 Å². The van der Waals surface area contributed by atoms with Crippen molar-refractivity contribution in [3.05, 3.63) is 29.3 Å². The highest BCUT2D eigenvalue weighted by Crippen LogP contribution is 2.38. The molecule has 0 amide bonds. The zero-order chi connectivity index (χ0) is 17.1. The molecule has 0 saturated heterocycles. The van der Waals surface area contributed by atoms with Crippen LogP contribution in [0.5, 0.6) is 0 Å². The Kier molecular flexibility index (Phi) is 6.20. The molecule has 1 aromatic carbocycles. The van der Waals surface area contributed by atoms with Crippen LogP contribution in [0.2, 0.25) is 0 Å². The van der Waals surface area contributed by atoms with E-state index in [0.717, 1.165) is 0 Å². The van der Waals surface area contributed by atoms with E-state index in [9.17, 15) is 26.3 Å². The Bertz CT molecular complexity index is 518. The van der Waals surface area contributed by atoms with Crippen molar-refractivity contribution in [2.45, 2.75) is 12.4 Å². The Labute approximate surface area is 113 Å².